The van der Waals surface area contributed by atoms with E-state index in [-0.39, 0.29) is 29.5 Å². The molecule has 25 heavy (non-hydrogen) atoms. The number of hydrogen-bond acceptors (Lipinski definition) is 6. The van der Waals surface area contributed by atoms with Crippen LogP contribution in [0.15, 0.2) is 18.2 Å². The highest BCUT2D eigenvalue weighted by Crippen LogP contribution is 2.31. The Kier molecular flexibility index (Phi) is 4.19. The third-order valence-electron chi connectivity index (χ3n) is 4.12. The van der Waals surface area contributed by atoms with E-state index in [2.05, 4.69) is 10.3 Å². The van der Waals surface area contributed by atoms with Gasteiger partial charge in [0.25, 0.3) is 5.69 Å². The first-order chi connectivity index (χ1) is 11.6. The zero-order chi connectivity index (χ0) is 18.4. The number of nitro groups is 1. The van der Waals surface area contributed by atoms with E-state index in [4.69, 9.17) is 0 Å². The summed E-state index contributed by atoms with van der Waals surface area (Å²) in [5.74, 6) is -0.714. The lowest BCUT2D eigenvalue weighted by Gasteiger charge is -2.31. The molecule has 0 unspecified atom stereocenters. The van der Waals surface area contributed by atoms with Gasteiger partial charge in [-0.15, -0.1) is 0 Å². The topological polar surface area (TPSA) is 105 Å². The summed E-state index contributed by atoms with van der Waals surface area (Å²) in [5.41, 5.74) is 0.252. The lowest BCUT2D eigenvalue weighted by Crippen LogP contribution is -2.42. The summed E-state index contributed by atoms with van der Waals surface area (Å²) < 4.78 is 0.628. The number of nitro benzene ring substituents is 1. The van der Waals surface area contributed by atoms with Gasteiger partial charge in [0.15, 0.2) is 5.13 Å². The number of aromatic nitrogens is 1. The number of fused-ring (bicyclic) bond motifs is 1. The van der Waals surface area contributed by atoms with Gasteiger partial charge >= 0.3 is 0 Å². The van der Waals surface area contributed by atoms with Crippen LogP contribution in [0.4, 0.5) is 10.8 Å². The highest BCUT2D eigenvalue weighted by Gasteiger charge is 2.39. The molecule has 2 heterocycles. The van der Waals surface area contributed by atoms with Gasteiger partial charge in [0.1, 0.15) is 0 Å². The molecule has 3 rings (SSSR count). The molecule has 1 atom stereocenters. The second-order valence-electron chi connectivity index (χ2n) is 6.99. The first kappa shape index (κ1) is 17.3. The summed E-state index contributed by atoms with van der Waals surface area (Å²) in [6.07, 6.45) is 0.180. The molecule has 0 spiro atoms. The van der Waals surface area contributed by atoms with Crippen LogP contribution in [0, 0.1) is 16.0 Å². The van der Waals surface area contributed by atoms with Crippen molar-refractivity contribution in [2.75, 3.05) is 11.9 Å². The number of amides is 2. The molecule has 1 fully saturated rings. The summed E-state index contributed by atoms with van der Waals surface area (Å²) in [6, 6.07) is 4.37. The molecule has 1 aliphatic rings. The fourth-order valence-corrected chi connectivity index (χ4v) is 3.72. The zero-order valence-electron chi connectivity index (χ0n) is 14.1. The monoisotopic (exact) mass is 362 g/mol. The van der Waals surface area contributed by atoms with Crippen LogP contribution < -0.4 is 5.32 Å². The number of carbonyl (C=O) groups is 2. The van der Waals surface area contributed by atoms with E-state index < -0.39 is 10.8 Å². The summed E-state index contributed by atoms with van der Waals surface area (Å²) >= 11 is 1.18. The number of likely N-dealkylation sites (tertiary alicyclic amines) is 1. The fraction of sp³-hybridized carbons (Fsp3) is 0.438. The van der Waals surface area contributed by atoms with Gasteiger partial charge in [-0.1, -0.05) is 11.3 Å². The maximum Gasteiger partial charge on any atom is 0.270 e. The summed E-state index contributed by atoms with van der Waals surface area (Å²) in [4.78, 5) is 40.9. The third-order valence-corrected chi connectivity index (χ3v) is 5.05. The van der Waals surface area contributed by atoms with Gasteiger partial charge in [-0.3, -0.25) is 19.7 Å². The lowest BCUT2D eigenvalue weighted by atomic mass is 10.1. The molecule has 2 aromatic rings. The highest BCUT2D eigenvalue weighted by molar-refractivity contribution is 7.22. The lowest BCUT2D eigenvalue weighted by molar-refractivity contribution is -0.384. The van der Waals surface area contributed by atoms with Gasteiger partial charge in [-0.2, -0.15) is 0 Å². The molecular formula is C16H18N4O4S. The Morgan fingerprint density at radius 1 is 1.44 bits per heavy atom. The predicted octanol–water partition coefficient (Wildman–Crippen LogP) is 2.79. The van der Waals surface area contributed by atoms with Crippen molar-refractivity contribution in [3.05, 3.63) is 28.3 Å². The molecule has 132 valence electrons. The summed E-state index contributed by atoms with van der Waals surface area (Å²) in [5, 5.41) is 13.9. The van der Waals surface area contributed by atoms with Crippen LogP contribution in [0.2, 0.25) is 0 Å². The van der Waals surface area contributed by atoms with Crippen LogP contribution in [-0.2, 0) is 9.59 Å². The zero-order valence-corrected chi connectivity index (χ0v) is 14.9. The fourth-order valence-electron chi connectivity index (χ4n) is 2.82. The number of nitrogens with one attached hydrogen (secondary N) is 1. The number of benzene rings is 1. The van der Waals surface area contributed by atoms with Crippen LogP contribution >= 0.6 is 11.3 Å². The Morgan fingerprint density at radius 2 is 2.16 bits per heavy atom. The summed E-state index contributed by atoms with van der Waals surface area (Å²) in [6.45, 7) is 6.19. The molecule has 2 amide bonds. The molecule has 8 nitrogen and oxygen atoms in total. The number of anilines is 1. The number of rotatable bonds is 3. The van der Waals surface area contributed by atoms with Gasteiger partial charge in [-0.25, -0.2) is 4.98 Å². The van der Waals surface area contributed by atoms with Crippen molar-refractivity contribution in [3.8, 4) is 0 Å². The second-order valence-corrected chi connectivity index (χ2v) is 8.02. The first-order valence-electron chi connectivity index (χ1n) is 7.81. The molecule has 1 N–H and O–H groups in total. The van der Waals surface area contributed by atoms with E-state index in [9.17, 15) is 19.7 Å². The Morgan fingerprint density at radius 3 is 2.76 bits per heavy atom. The average molecular weight is 362 g/mol. The number of thiazole rings is 1. The standard InChI is InChI=1S/C16H18N4O4S/c1-16(2,3)19-8-9(6-13(19)21)14(22)18-15-17-11-5-4-10(20(23)24)7-12(11)25-15/h4-5,7,9H,6,8H2,1-3H3,(H,17,18,22)/t9-/m0/s1. The molecule has 1 aliphatic heterocycles. The molecule has 0 aliphatic carbocycles. The van der Waals surface area contributed by atoms with E-state index >= 15 is 0 Å². The largest absolute Gasteiger partial charge is 0.337 e. The highest BCUT2D eigenvalue weighted by atomic mass is 32.1. The molecule has 0 radical (unpaired) electrons. The van der Waals surface area contributed by atoms with Gasteiger partial charge in [0.05, 0.1) is 21.1 Å². The quantitative estimate of drug-likeness (QED) is 0.667. The third kappa shape index (κ3) is 3.46. The van der Waals surface area contributed by atoms with Crippen molar-refractivity contribution in [1.29, 1.82) is 0 Å². The Hall–Kier alpha value is -2.55. The van der Waals surface area contributed by atoms with Crippen molar-refractivity contribution in [1.82, 2.24) is 9.88 Å². The minimum absolute atomic E-state index is 0.0174. The van der Waals surface area contributed by atoms with E-state index in [1.165, 1.54) is 23.5 Å². The van der Waals surface area contributed by atoms with Gasteiger partial charge < -0.3 is 10.2 Å². The van der Waals surface area contributed by atoms with Crippen molar-refractivity contribution in [3.63, 3.8) is 0 Å². The van der Waals surface area contributed by atoms with Crippen molar-refractivity contribution < 1.29 is 14.5 Å². The number of carbonyl (C=O) groups excluding carboxylic acids is 2. The molecule has 1 saturated heterocycles. The Labute approximate surface area is 148 Å². The second kappa shape index (κ2) is 6.07. The molecule has 0 saturated carbocycles. The van der Waals surface area contributed by atoms with Crippen LogP contribution in [-0.4, -0.2) is 38.7 Å². The van der Waals surface area contributed by atoms with Crippen LogP contribution in [0.3, 0.4) is 0 Å². The molecule has 0 bridgehead atoms. The van der Waals surface area contributed by atoms with E-state index in [1.54, 1.807) is 11.0 Å². The molecule has 9 heteroatoms. The smallest absolute Gasteiger partial charge is 0.270 e. The van der Waals surface area contributed by atoms with Gasteiger partial charge in [0.2, 0.25) is 11.8 Å². The maximum absolute atomic E-state index is 12.5. The van der Waals surface area contributed by atoms with E-state index in [0.29, 0.717) is 21.9 Å². The number of nitrogens with zero attached hydrogens (tertiary/aromatic N) is 3. The SMILES string of the molecule is CC(C)(C)N1C[C@@H](C(=O)Nc2nc3ccc([N+](=O)[O-])cc3s2)CC1=O. The first-order valence-corrected chi connectivity index (χ1v) is 8.63. The average Bonchev–Trinajstić information content (AvgIpc) is 3.08. The molecular weight excluding hydrogens is 344 g/mol. The number of non-ortho nitro benzene ring substituents is 1. The van der Waals surface area contributed by atoms with E-state index in [1.807, 2.05) is 20.8 Å². The van der Waals surface area contributed by atoms with Crippen molar-refractivity contribution in [2.24, 2.45) is 5.92 Å². The Balaban J connectivity index is 1.74. The normalized spacial score (nSPS) is 18.0. The van der Waals surface area contributed by atoms with Gasteiger partial charge in [-0.05, 0) is 26.8 Å². The molecule has 1 aromatic heterocycles. The van der Waals surface area contributed by atoms with Crippen LogP contribution in [0.25, 0.3) is 10.2 Å². The van der Waals surface area contributed by atoms with E-state index in [0.717, 1.165) is 0 Å². The van der Waals surface area contributed by atoms with Crippen LogP contribution in [0.1, 0.15) is 27.2 Å². The Bertz CT molecular complexity index is 871. The van der Waals surface area contributed by atoms with Crippen LogP contribution in [0.5, 0.6) is 0 Å². The predicted molar refractivity (Wildman–Crippen MR) is 94.5 cm³/mol. The van der Waals surface area contributed by atoms with Crippen molar-refractivity contribution >= 4 is 44.2 Å². The molecule has 1 aromatic carbocycles. The minimum Gasteiger partial charge on any atom is -0.337 e. The number of hydrogen-bond donors (Lipinski definition) is 1. The maximum atomic E-state index is 12.5. The van der Waals surface area contributed by atoms with Gasteiger partial charge in [0, 0.05) is 30.6 Å². The summed E-state index contributed by atoms with van der Waals surface area (Å²) in [7, 11) is 0. The minimum atomic E-state index is -0.470. The van der Waals surface area contributed by atoms with Crippen molar-refractivity contribution in [2.45, 2.75) is 32.7 Å².